The number of hydrogen-bond acceptors (Lipinski definition) is 5. The Hall–Kier alpha value is -2.78. The van der Waals surface area contributed by atoms with Crippen molar-refractivity contribution in [2.75, 3.05) is 6.61 Å². The molecule has 0 radical (unpaired) electrons. The van der Waals surface area contributed by atoms with Gasteiger partial charge in [0, 0.05) is 15.8 Å². The van der Waals surface area contributed by atoms with Gasteiger partial charge in [0.2, 0.25) is 0 Å². The summed E-state index contributed by atoms with van der Waals surface area (Å²) in [5.74, 6) is -0.917. The van der Waals surface area contributed by atoms with Gasteiger partial charge in [-0.15, -0.1) is 0 Å². The van der Waals surface area contributed by atoms with Crippen molar-refractivity contribution in [3.05, 3.63) is 59.7 Å². The Morgan fingerprint density at radius 3 is 2.44 bits per heavy atom. The molecule has 128 valence electrons. The van der Waals surface area contributed by atoms with E-state index in [1.54, 1.807) is 36.4 Å². The Morgan fingerprint density at radius 1 is 1.12 bits per heavy atom. The lowest BCUT2D eigenvalue weighted by Gasteiger charge is -2.11. The van der Waals surface area contributed by atoms with Crippen LogP contribution in [0.15, 0.2) is 58.3 Å². The molecule has 2 rings (SSSR count). The van der Waals surface area contributed by atoms with Gasteiger partial charge in [0.1, 0.15) is 6.07 Å². The molecule has 1 N–H and O–H groups in total. The Kier molecular flexibility index (Phi) is 6.61. The molecule has 0 heterocycles. The summed E-state index contributed by atoms with van der Waals surface area (Å²) < 4.78 is 5.10. The molecule has 0 saturated carbocycles. The van der Waals surface area contributed by atoms with Gasteiger partial charge in [0.05, 0.1) is 11.1 Å². The van der Waals surface area contributed by atoms with E-state index in [1.807, 2.05) is 26.0 Å². The van der Waals surface area contributed by atoms with E-state index in [1.165, 1.54) is 11.8 Å². The van der Waals surface area contributed by atoms with E-state index in [2.05, 4.69) is 11.4 Å². The van der Waals surface area contributed by atoms with Crippen LogP contribution in [0.2, 0.25) is 0 Å². The number of nitrogens with one attached hydrogen (secondary N) is 1. The number of nitrogens with zero attached hydrogens (tertiary/aromatic N) is 1. The van der Waals surface area contributed by atoms with Gasteiger partial charge in [-0.25, -0.2) is 4.79 Å². The number of esters is 1. The smallest absolute Gasteiger partial charge is 0.339 e. The van der Waals surface area contributed by atoms with Crippen LogP contribution in [-0.4, -0.2) is 24.5 Å². The van der Waals surface area contributed by atoms with Crippen LogP contribution in [0.5, 0.6) is 0 Å². The Balaban J connectivity index is 2.14. The molecule has 0 unspecified atom stereocenters. The zero-order valence-electron chi connectivity index (χ0n) is 14.0. The fourth-order valence-electron chi connectivity index (χ4n) is 2.06. The highest BCUT2D eigenvalue weighted by Gasteiger charge is 2.16. The number of hydrogen-bond donors (Lipinski definition) is 1. The average molecular weight is 354 g/mol. The van der Waals surface area contributed by atoms with Crippen LogP contribution in [-0.2, 0) is 9.53 Å². The SMILES string of the molecule is CC(C)NC(=O)COC(=O)c1ccccc1Sc1ccccc1C#N. The summed E-state index contributed by atoms with van der Waals surface area (Å²) >= 11 is 1.31. The molecule has 0 atom stereocenters. The molecule has 0 aliphatic heterocycles. The number of carbonyl (C=O) groups is 2. The fourth-order valence-corrected chi connectivity index (χ4v) is 3.08. The van der Waals surface area contributed by atoms with Crippen LogP contribution in [0.4, 0.5) is 0 Å². The highest BCUT2D eigenvalue weighted by atomic mass is 32.2. The van der Waals surface area contributed by atoms with Crippen molar-refractivity contribution in [3.8, 4) is 6.07 Å². The van der Waals surface area contributed by atoms with Crippen LogP contribution in [0.1, 0.15) is 29.8 Å². The molecular weight excluding hydrogens is 336 g/mol. The summed E-state index contributed by atoms with van der Waals surface area (Å²) in [6.45, 7) is 3.33. The van der Waals surface area contributed by atoms with E-state index < -0.39 is 5.97 Å². The molecule has 2 aromatic carbocycles. The lowest BCUT2D eigenvalue weighted by molar-refractivity contribution is -0.124. The van der Waals surface area contributed by atoms with Gasteiger partial charge in [0.15, 0.2) is 6.61 Å². The number of carbonyl (C=O) groups excluding carboxylic acids is 2. The van der Waals surface area contributed by atoms with Crippen LogP contribution in [0.3, 0.4) is 0 Å². The summed E-state index contributed by atoms with van der Waals surface area (Å²) in [6, 6.07) is 16.2. The topological polar surface area (TPSA) is 79.2 Å². The summed E-state index contributed by atoms with van der Waals surface area (Å²) in [5.41, 5.74) is 0.893. The first-order valence-corrected chi connectivity index (χ1v) is 8.55. The fraction of sp³-hybridized carbons (Fsp3) is 0.211. The second-order valence-corrected chi connectivity index (χ2v) is 6.59. The summed E-state index contributed by atoms with van der Waals surface area (Å²) in [6.07, 6.45) is 0. The quantitative estimate of drug-likeness (QED) is 0.805. The molecule has 25 heavy (non-hydrogen) atoms. The zero-order valence-corrected chi connectivity index (χ0v) is 14.8. The van der Waals surface area contributed by atoms with Crippen molar-refractivity contribution in [1.82, 2.24) is 5.32 Å². The van der Waals surface area contributed by atoms with Gasteiger partial charge < -0.3 is 10.1 Å². The van der Waals surface area contributed by atoms with E-state index >= 15 is 0 Å². The summed E-state index contributed by atoms with van der Waals surface area (Å²) in [5, 5.41) is 11.9. The van der Waals surface area contributed by atoms with Gasteiger partial charge >= 0.3 is 5.97 Å². The number of ether oxygens (including phenoxy) is 1. The lowest BCUT2D eigenvalue weighted by Crippen LogP contribution is -2.34. The average Bonchev–Trinajstić information content (AvgIpc) is 2.60. The van der Waals surface area contributed by atoms with E-state index in [0.717, 1.165) is 4.90 Å². The summed E-state index contributed by atoms with van der Waals surface area (Å²) in [7, 11) is 0. The van der Waals surface area contributed by atoms with Crippen molar-refractivity contribution < 1.29 is 14.3 Å². The molecule has 0 spiro atoms. The molecule has 0 bridgehead atoms. The van der Waals surface area contributed by atoms with Gasteiger partial charge in [0.25, 0.3) is 5.91 Å². The zero-order chi connectivity index (χ0) is 18.2. The minimum Gasteiger partial charge on any atom is -0.452 e. The minimum atomic E-state index is -0.573. The first kappa shape index (κ1) is 18.6. The van der Waals surface area contributed by atoms with Gasteiger partial charge in [-0.2, -0.15) is 5.26 Å². The van der Waals surface area contributed by atoms with Crippen LogP contribution >= 0.6 is 11.8 Å². The molecule has 0 aliphatic rings. The molecule has 0 aromatic heterocycles. The normalized spacial score (nSPS) is 10.2. The molecule has 2 aromatic rings. The minimum absolute atomic E-state index is 0.0171. The monoisotopic (exact) mass is 354 g/mol. The lowest BCUT2D eigenvalue weighted by atomic mass is 10.2. The molecular formula is C19H18N2O3S. The molecule has 5 nitrogen and oxygen atoms in total. The number of benzene rings is 2. The van der Waals surface area contributed by atoms with Crippen molar-refractivity contribution >= 4 is 23.6 Å². The third-order valence-electron chi connectivity index (χ3n) is 3.12. The van der Waals surface area contributed by atoms with Crippen molar-refractivity contribution in [1.29, 1.82) is 5.26 Å². The van der Waals surface area contributed by atoms with Gasteiger partial charge in [-0.3, -0.25) is 4.79 Å². The molecule has 0 fully saturated rings. The van der Waals surface area contributed by atoms with Gasteiger partial charge in [-0.05, 0) is 38.1 Å². The highest BCUT2D eigenvalue weighted by Crippen LogP contribution is 2.32. The van der Waals surface area contributed by atoms with Gasteiger partial charge in [-0.1, -0.05) is 36.0 Å². The van der Waals surface area contributed by atoms with Crippen molar-refractivity contribution in [3.63, 3.8) is 0 Å². The van der Waals surface area contributed by atoms with E-state index in [9.17, 15) is 14.9 Å². The van der Waals surface area contributed by atoms with Crippen molar-refractivity contribution in [2.24, 2.45) is 0 Å². The molecule has 0 saturated heterocycles. The third-order valence-corrected chi connectivity index (χ3v) is 4.27. The van der Waals surface area contributed by atoms with E-state index in [0.29, 0.717) is 16.0 Å². The maximum absolute atomic E-state index is 12.3. The standard InChI is InChI=1S/C19H18N2O3S/c1-13(2)21-18(22)12-24-19(23)15-8-4-6-10-17(15)25-16-9-5-3-7-14(16)11-20/h3-10,13H,12H2,1-2H3,(H,21,22). The first-order valence-electron chi connectivity index (χ1n) is 7.73. The molecule has 6 heteroatoms. The number of rotatable bonds is 6. The Morgan fingerprint density at radius 2 is 1.76 bits per heavy atom. The predicted octanol–water partition coefficient (Wildman–Crippen LogP) is 3.39. The first-order chi connectivity index (χ1) is 12.0. The summed E-state index contributed by atoms with van der Waals surface area (Å²) in [4.78, 5) is 25.4. The van der Waals surface area contributed by atoms with Crippen LogP contribution in [0, 0.1) is 11.3 Å². The highest BCUT2D eigenvalue weighted by molar-refractivity contribution is 7.99. The van der Waals surface area contributed by atoms with E-state index in [4.69, 9.17) is 4.74 Å². The predicted molar refractivity (Wildman–Crippen MR) is 95.3 cm³/mol. The van der Waals surface area contributed by atoms with Crippen molar-refractivity contribution in [2.45, 2.75) is 29.7 Å². The maximum Gasteiger partial charge on any atom is 0.339 e. The van der Waals surface area contributed by atoms with E-state index in [-0.39, 0.29) is 18.6 Å². The third kappa shape index (κ3) is 5.37. The number of nitriles is 1. The largest absolute Gasteiger partial charge is 0.452 e. The van der Waals surface area contributed by atoms with Crippen LogP contribution < -0.4 is 5.32 Å². The maximum atomic E-state index is 12.3. The molecule has 0 aliphatic carbocycles. The second-order valence-electron chi connectivity index (χ2n) is 5.50. The second kappa shape index (κ2) is 8.90. The Bertz CT molecular complexity index is 812. The van der Waals surface area contributed by atoms with Crippen LogP contribution in [0.25, 0.3) is 0 Å². The Labute approximate surface area is 151 Å². The molecule has 1 amide bonds. The number of amides is 1.